The maximum absolute atomic E-state index is 4.48. The molecule has 4 rings (SSSR count). The van der Waals surface area contributed by atoms with E-state index in [1.165, 1.54) is 84.5 Å². The van der Waals surface area contributed by atoms with Gasteiger partial charge in [0.05, 0.1) is 0 Å². The number of benzene rings is 2. The van der Waals surface area contributed by atoms with Gasteiger partial charge in [0.25, 0.3) is 0 Å². The molecule has 0 radical (unpaired) electrons. The van der Waals surface area contributed by atoms with Gasteiger partial charge in [-0.1, -0.05) is 67.4 Å². The summed E-state index contributed by atoms with van der Waals surface area (Å²) in [6.45, 7) is 9.14. The van der Waals surface area contributed by atoms with Crippen molar-refractivity contribution in [2.45, 2.75) is 67.7 Å². The van der Waals surface area contributed by atoms with Gasteiger partial charge in [0.15, 0.2) is 0 Å². The second kappa shape index (κ2) is 9.33. The summed E-state index contributed by atoms with van der Waals surface area (Å²) in [5, 5.41) is 0. The van der Waals surface area contributed by atoms with E-state index in [0.717, 1.165) is 6.04 Å². The molecule has 1 aliphatic heterocycles. The zero-order valence-corrected chi connectivity index (χ0v) is 18.0. The fourth-order valence-electron chi connectivity index (χ4n) is 4.77. The Hall–Kier alpha value is -1.51. The first-order valence-corrected chi connectivity index (χ1v) is 11.8. The SMILES string of the molecule is C=C(c1ccc(Sc2ccc(C)cc2)cc1)C1CCN(C2CCCCC2)CC1. The number of rotatable bonds is 5. The summed E-state index contributed by atoms with van der Waals surface area (Å²) in [6.07, 6.45) is 9.71. The summed E-state index contributed by atoms with van der Waals surface area (Å²) >= 11 is 1.83. The second-order valence-electron chi connectivity index (χ2n) is 8.57. The summed E-state index contributed by atoms with van der Waals surface area (Å²) in [5.74, 6) is 0.649. The van der Waals surface area contributed by atoms with Gasteiger partial charge in [0.2, 0.25) is 0 Å². The van der Waals surface area contributed by atoms with Crippen LogP contribution < -0.4 is 0 Å². The first kappa shape index (κ1) is 19.8. The summed E-state index contributed by atoms with van der Waals surface area (Å²) in [4.78, 5) is 5.37. The molecular formula is C26H33NS. The topological polar surface area (TPSA) is 3.24 Å². The number of piperidine rings is 1. The molecule has 1 nitrogen and oxygen atoms in total. The Labute approximate surface area is 175 Å². The van der Waals surface area contributed by atoms with Gasteiger partial charge in [-0.3, -0.25) is 0 Å². The molecule has 1 heterocycles. The zero-order chi connectivity index (χ0) is 19.3. The van der Waals surface area contributed by atoms with Crippen molar-refractivity contribution in [3.8, 4) is 0 Å². The summed E-state index contributed by atoms with van der Waals surface area (Å²) in [5.41, 5.74) is 3.98. The third-order valence-electron chi connectivity index (χ3n) is 6.60. The van der Waals surface area contributed by atoms with Gasteiger partial charge >= 0.3 is 0 Å². The second-order valence-corrected chi connectivity index (χ2v) is 9.71. The smallest absolute Gasteiger partial charge is 0.0122 e. The molecule has 0 atom stereocenters. The van der Waals surface area contributed by atoms with Crippen molar-refractivity contribution < 1.29 is 0 Å². The van der Waals surface area contributed by atoms with E-state index in [1.54, 1.807) is 0 Å². The fraction of sp³-hybridized carbons (Fsp3) is 0.462. The maximum atomic E-state index is 4.48. The summed E-state index contributed by atoms with van der Waals surface area (Å²) in [7, 11) is 0. The van der Waals surface area contributed by atoms with Crippen molar-refractivity contribution in [1.29, 1.82) is 0 Å². The molecule has 0 amide bonds. The number of nitrogens with zero attached hydrogens (tertiary/aromatic N) is 1. The molecule has 148 valence electrons. The Morgan fingerprint density at radius 1 is 0.821 bits per heavy atom. The quantitative estimate of drug-likeness (QED) is 0.530. The zero-order valence-electron chi connectivity index (χ0n) is 17.2. The first-order chi connectivity index (χ1) is 13.7. The lowest BCUT2D eigenvalue weighted by molar-refractivity contribution is 0.119. The molecule has 2 aromatic rings. The van der Waals surface area contributed by atoms with Crippen molar-refractivity contribution in [3.05, 3.63) is 66.2 Å². The van der Waals surface area contributed by atoms with Crippen LogP contribution in [0.1, 0.15) is 56.1 Å². The lowest BCUT2D eigenvalue weighted by atomic mass is 9.84. The van der Waals surface area contributed by atoms with Crippen LogP contribution in [0.4, 0.5) is 0 Å². The molecule has 2 fully saturated rings. The Morgan fingerprint density at radius 2 is 1.39 bits per heavy atom. The standard InChI is InChI=1S/C26H33NS/c1-20-8-12-25(13-9-20)28-26-14-10-22(11-15-26)21(2)23-16-18-27(19-17-23)24-6-4-3-5-7-24/h8-15,23-24H,2-7,16-19H2,1H3. The minimum absolute atomic E-state index is 0.649. The normalized spacial score (nSPS) is 19.6. The van der Waals surface area contributed by atoms with Crippen molar-refractivity contribution in [3.63, 3.8) is 0 Å². The van der Waals surface area contributed by atoms with Crippen LogP contribution in [0.5, 0.6) is 0 Å². The predicted octanol–water partition coefficient (Wildman–Crippen LogP) is 7.20. The third kappa shape index (κ3) is 4.90. The number of aryl methyl sites for hydroxylation is 1. The van der Waals surface area contributed by atoms with Crippen LogP contribution in [0.2, 0.25) is 0 Å². The van der Waals surface area contributed by atoms with Gasteiger partial charge in [-0.05, 0) is 87.0 Å². The highest BCUT2D eigenvalue weighted by Crippen LogP contribution is 2.35. The molecule has 2 aromatic carbocycles. The van der Waals surface area contributed by atoms with Crippen molar-refractivity contribution in [1.82, 2.24) is 4.90 Å². The predicted molar refractivity (Wildman–Crippen MR) is 122 cm³/mol. The minimum Gasteiger partial charge on any atom is -0.300 e. The Balaban J connectivity index is 1.31. The molecule has 1 aliphatic carbocycles. The van der Waals surface area contributed by atoms with Crippen molar-refractivity contribution in [2.75, 3.05) is 13.1 Å². The highest BCUT2D eigenvalue weighted by molar-refractivity contribution is 7.99. The molecule has 0 unspecified atom stereocenters. The monoisotopic (exact) mass is 391 g/mol. The van der Waals surface area contributed by atoms with E-state index in [-0.39, 0.29) is 0 Å². The molecule has 0 N–H and O–H groups in total. The van der Waals surface area contributed by atoms with Crippen molar-refractivity contribution >= 4 is 17.3 Å². The van der Waals surface area contributed by atoms with E-state index in [0.29, 0.717) is 5.92 Å². The van der Waals surface area contributed by atoms with Crippen LogP contribution in [0.25, 0.3) is 5.57 Å². The van der Waals surface area contributed by atoms with Gasteiger partial charge in [-0.2, -0.15) is 0 Å². The van der Waals surface area contributed by atoms with Gasteiger partial charge in [0, 0.05) is 15.8 Å². The molecule has 0 bridgehead atoms. The van der Waals surface area contributed by atoms with Crippen LogP contribution in [0, 0.1) is 12.8 Å². The Kier molecular flexibility index (Phi) is 6.59. The third-order valence-corrected chi connectivity index (χ3v) is 7.61. The van der Waals surface area contributed by atoms with E-state index in [9.17, 15) is 0 Å². The molecule has 0 spiro atoms. The fourth-order valence-corrected chi connectivity index (χ4v) is 5.59. The van der Waals surface area contributed by atoms with E-state index in [2.05, 4.69) is 66.9 Å². The highest BCUT2D eigenvalue weighted by Gasteiger charge is 2.27. The molecule has 28 heavy (non-hydrogen) atoms. The number of likely N-dealkylation sites (tertiary alicyclic amines) is 1. The Bertz CT molecular complexity index is 763. The van der Waals surface area contributed by atoms with Crippen LogP contribution in [-0.4, -0.2) is 24.0 Å². The summed E-state index contributed by atoms with van der Waals surface area (Å²) < 4.78 is 0. The molecule has 2 heteroatoms. The largest absolute Gasteiger partial charge is 0.300 e. The minimum atomic E-state index is 0.649. The first-order valence-electron chi connectivity index (χ1n) is 11.0. The van der Waals surface area contributed by atoms with Crippen LogP contribution in [0.3, 0.4) is 0 Å². The van der Waals surface area contributed by atoms with E-state index >= 15 is 0 Å². The number of allylic oxidation sites excluding steroid dienone is 1. The molecule has 1 saturated carbocycles. The van der Waals surface area contributed by atoms with Crippen molar-refractivity contribution in [2.24, 2.45) is 5.92 Å². The Morgan fingerprint density at radius 3 is 2.00 bits per heavy atom. The summed E-state index contributed by atoms with van der Waals surface area (Å²) in [6, 6.07) is 18.7. The lowest BCUT2D eigenvalue weighted by Crippen LogP contribution is -2.42. The van der Waals surface area contributed by atoms with E-state index < -0.39 is 0 Å². The number of hydrogen-bond acceptors (Lipinski definition) is 2. The average molecular weight is 392 g/mol. The lowest BCUT2D eigenvalue weighted by Gasteiger charge is -2.39. The molecular weight excluding hydrogens is 358 g/mol. The maximum Gasteiger partial charge on any atom is 0.0122 e. The van der Waals surface area contributed by atoms with E-state index in [4.69, 9.17) is 0 Å². The van der Waals surface area contributed by atoms with Crippen LogP contribution >= 0.6 is 11.8 Å². The number of hydrogen-bond donors (Lipinski definition) is 0. The van der Waals surface area contributed by atoms with Gasteiger partial charge < -0.3 is 4.90 Å². The average Bonchev–Trinajstić information content (AvgIpc) is 2.76. The molecule has 0 aromatic heterocycles. The van der Waals surface area contributed by atoms with Crippen LogP contribution in [0.15, 0.2) is 64.9 Å². The molecule has 2 aliphatic rings. The molecule has 1 saturated heterocycles. The van der Waals surface area contributed by atoms with Gasteiger partial charge in [-0.25, -0.2) is 0 Å². The van der Waals surface area contributed by atoms with Crippen LogP contribution in [-0.2, 0) is 0 Å². The van der Waals surface area contributed by atoms with Gasteiger partial charge in [0.1, 0.15) is 0 Å². The van der Waals surface area contributed by atoms with Gasteiger partial charge in [-0.15, -0.1) is 0 Å². The van der Waals surface area contributed by atoms with E-state index in [1.807, 2.05) is 11.8 Å². The highest BCUT2D eigenvalue weighted by atomic mass is 32.2.